The van der Waals surface area contributed by atoms with Crippen LogP contribution in [0.2, 0.25) is 0 Å². The number of imide groups is 1. The van der Waals surface area contributed by atoms with E-state index < -0.39 is 41.1 Å². The third-order valence-electron chi connectivity index (χ3n) is 6.91. The molecule has 0 aliphatic carbocycles. The molecule has 0 saturated carbocycles. The molecule has 0 spiro atoms. The Bertz CT molecular complexity index is 1710. The van der Waals surface area contributed by atoms with Crippen molar-refractivity contribution in [2.24, 2.45) is 0 Å². The molecule has 1 saturated heterocycles. The molecule has 3 heterocycles. The normalized spacial score (nSPS) is 17.5. The van der Waals surface area contributed by atoms with Gasteiger partial charge in [0.1, 0.15) is 22.1 Å². The molecule has 1 aromatic heterocycles. The largest absolute Gasteiger partial charge is 0.477 e. The summed E-state index contributed by atoms with van der Waals surface area (Å²) in [5.74, 6) is -1.97. The van der Waals surface area contributed by atoms with Gasteiger partial charge >= 0.3 is 12.0 Å². The number of aromatic nitrogens is 2. The van der Waals surface area contributed by atoms with Crippen LogP contribution >= 0.6 is 34.9 Å². The predicted octanol–water partition coefficient (Wildman–Crippen LogP) is 3.62. The molecule has 5 rings (SSSR count). The van der Waals surface area contributed by atoms with Crippen LogP contribution in [0.4, 0.5) is 10.5 Å². The quantitative estimate of drug-likeness (QED) is 0.166. The van der Waals surface area contributed by atoms with Gasteiger partial charge in [-0.05, 0) is 35.8 Å². The number of nitrogens with zero attached hydrogens (tertiary/aromatic N) is 4. The van der Waals surface area contributed by atoms with E-state index in [1.165, 1.54) is 52.9 Å². The van der Waals surface area contributed by atoms with Crippen molar-refractivity contribution in [3.8, 4) is 0 Å². The van der Waals surface area contributed by atoms with Crippen LogP contribution in [0.3, 0.4) is 0 Å². The monoisotopic (exact) mass is 664 g/mol. The topological polar surface area (TPSA) is 162 Å². The van der Waals surface area contributed by atoms with E-state index in [0.717, 1.165) is 15.5 Å². The van der Waals surface area contributed by atoms with Gasteiger partial charge in [-0.2, -0.15) is 0 Å². The van der Waals surface area contributed by atoms with E-state index in [1.54, 1.807) is 30.3 Å². The number of β-lactam (4-membered cyclic amide) rings is 1. The van der Waals surface area contributed by atoms with Crippen molar-refractivity contribution in [1.82, 2.24) is 25.3 Å². The van der Waals surface area contributed by atoms with Gasteiger partial charge in [0.15, 0.2) is 4.34 Å². The minimum absolute atomic E-state index is 0.0617. The molecule has 15 heteroatoms. The Morgan fingerprint density at radius 2 is 1.84 bits per heavy atom. The lowest BCUT2D eigenvalue weighted by Crippen LogP contribution is -2.70. The smallest absolute Gasteiger partial charge is 0.352 e. The van der Waals surface area contributed by atoms with Crippen LogP contribution in [-0.2, 0) is 25.6 Å². The molecule has 2 aliphatic heterocycles. The maximum absolute atomic E-state index is 13.1. The summed E-state index contributed by atoms with van der Waals surface area (Å²) in [6.07, 6.45) is 2.74. The third kappa shape index (κ3) is 7.44. The molecule has 2 aliphatic rings. The molecule has 3 aromatic rings. The van der Waals surface area contributed by atoms with Crippen LogP contribution in [0.5, 0.6) is 0 Å². The summed E-state index contributed by atoms with van der Waals surface area (Å²) in [7, 11) is 1.35. The number of carboxylic acid groups (broad SMARTS) is 1. The number of para-hydroxylation sites is 1. The molecule has 0 radical (unpaired) electrons. The summed E-state index contributed by atoms with van der Waals surface area (Å²) in [5.41, 5.74) is 2.16. The molecular weight excluding hydrogens is 637 g/mol. The molecule has 0 bridgehead atoms. The van der Waals surface area contributed by atoms with E-state index in [0.29, 0.717) is 32.7 Å². The van der Waals surface area contributed by atoms with Crippen LogP contribution in [0.25, 0.3) is 6.08 Å². The highest BCUT2D eigenvalue weighted by molar-refractivity contribution is 8.01. The summed E-state index contributed by atoms with van der Waals surface area (Å²) in [4.78, 5) is 65.8. The van der Waals surface area contributed by atoms with Crippen LogP contribution < -0.4 is 10.6 Å². The molecule has 232 valence electrons. The Morgan fingerprint density at radius 3 is 2.56 bits per heavy atom. The zero-order valence-corrected chi connectivity index (χ0v) is 26.6. The molecule has 5 amide bonds. The lowest BCUT2D eigenvalue weighted by atomic mass is 10.0. The average molecular weight is 665 g/mol. The van der Waals surface area contributed by atoms with Crippen LogP contribution in [0.1, 0.15) is 16.1 Å². The van der Waals surface area contributed by atoms with E-state index in [1.807, 2.05) is 37.3 Å². The number of amides is 5. The van der Waals surface area contributed by atoms with Gasteiger partial charge in [-0.1, -0.05) is 71.6 Å². The number of aliphatic carboxylic acids is 1. The third-order valence-corrected chi connectivity index (χ3v) is 10.3. The number of rotatable bonds is 10. The maximum Gasteiger partial charge on any atom is 0.352 e. The number of carboxylic acids is 1. The van der Waals surface area contributed by atoms with Gasteiger partial charge < -0.3 is 15.7 Å². The Kier molecular flexibility index (Phi) is 10.0. The summed E-state index contributed by atoms with van der Waals surface area (Å²) >= 11 is 4.16. The summed E-state index contributed by atoms with van der Waals surface area (Å²) in [6, 6.07) is 14.3. The molecule has 1 fully saturated rings. The van der Waals surface area contributed by atoms with Gasteiger partial charge in [0, 0.05) is 30.3 Å². The van der Waals surface area contributed by atoms with Crippen LogP contribution in [-0.4, -0.2) is 84.8 Å². The Labute approximate surface area is 271 Å². The highest BCUT2D eigenvalue weighted by Gasteiger charge is 2.54. The van der Waals surface area contributed by atoms with Gasteiger partial charge in [-0.15, -0.1) is 22.0 Å². The Morgan fingerprint density at radius 1 is 1.11 bits per heavy atom. The average Bonchev–Trinajstić information content (AvgIpc) is 3.46. The predicted molar refractivity (Wildman–Crippen MR) is 172 cm³/mol. The summed E-state index contributed by atoms with van der Waals surface area (Å²) in [6.45, 7) is 1.83. The molecular formula is C30H28N6O6S3. The molecule has 1 unspecified atom stereocenters. The highest BCUT2D eigenvalue weighted by Crippen LogP contribution is 2.41. The van der Waals surface area contributed by atoms with E-state index in [-0.39, 0.29) is 12.1 Å². The van der Waals surface area contributed by atoms with Crippen molar-refractivity contribution in [2.45, 2.75) is 29.1 Å². The number of urea groups is 1. The summed E-state index contributed by atoms with van der Waals surface area (Å²) < 4.78 is 0.714. The zero-order chi connectivity index (χ0) is 32.1. The van der Waals surface area contributed by atoms with E-state index in [4.69, 9.17) is 0 Å². The minimum Gasteiger partial charge on any atom is -0.477 e. The lowest BCUT2D eigenvalue weighted by Gasteiger charge is -2.49. The standard InChI is InChI=1S/C30H28N6O6S3/c1-17-33-34-30(45-17)44-16-20-15-43-27-24(26(39)36(27)25(20)28(40)41)32-22(37)14-19-10-6-7-11-21(19)31-29(42)35(2)23(38)13-12-18-8-4-3-5-9-18/h3-13,24,27H,14-16H2,1-2H3,(H,31,42)(H,32,37)(H,40,41)/b13-12+/t24?,27-/m1/s1. The molecule has 2 atom stereocenters. The van der Waals surface area contributed by atoms with Gasteiger partial charge in [0.05, 0.1) is 6.42 Å². The number of hydrogen-bond donors (Lipinski definition) is 3. The number of likely N-dealkylation sites (N-methyl/N-ethyl adjacent to an activating group) is 1. The second kappa shape index (κ2) is 14.1. The number of carbonyl (C=O) groups is 5. The number of aryl methyl sites for hydroxylation is 1. The van der Waals surface area contributed by atoms with Crippen LogP contribution in [0, 0.1) is 6.92 Å². The number of hydrogen-bond acceptors (Lipinski definition) is 10. The Balaban J connectivity index is 1.19. The molecule has 45 heavy (non-hydrogen) atoms. The first-order valence-electron chi connectivity index (χ1n) is 13.6. The highest BCUT2D eigenvalue weighted by atomic mass is 32.2. The first-order chi connectivity index (χ1) is 21.6. The molecule has 12 nitrogen and oxygen atoms in total. The van der Waals surface area contributed by atoms with Crippen molar-refractivity contribution in [1.29, 1.82) is 0 Å². The molecule has 2 aromatic carbocycles. The van der Waals surface area contributed by atoms with E-state index in [2.05, 4.69) is 20.8 Å². The van der Waals surface area contributed by atoms with Gasteiger partial charge in [0.2, 0.25) is 5.91 Å². The minimum atomic E-state index is -1.20. The van der Waals surface area contributed by atoms with Crippen molar-refractivity contribution >= 4 is 76.3 Å². The second-order valence-electron chi connectivity index (χ2n) is 9.99. The number of nitrogens with one attached hydrogen (secondary N) is 2. The zero-order valence-electron chi connectivity index (χ0n) is 24.1. The maximum atomic E-state index is 13.1. The fraction of sp³-hybridized carbons (Fsp3) is 0.233. The van der Waals surface area contributed by atoms with Gasteiger partial charge in [-0.25, -0.2) is 9.59 Å². The number of carbonyl (C=O) groups excluding carboxylic acids is 4. The first kappa shape index (κ1) is 31.9. The number of anilines is 1. The van der Waals surface area contributed by atoms with E-state index in [9.17, 15) is 29.1 Å². The number of fused-ring (bicyclic) bond motifs is 1. The lowest BCUT2D eigenvalue weighted by molar-refractivity contribution is -0.150. The molecule has 3 N–H and O–H groups in total. The van der Waals surface area contributed by atoms with Crippen LogP contribution in [0.15, 0.2) is 76.3 Å². The van der Waals surface area contributed by atoms with E-state index >= 15 is 0 Å². The van der Waals surface area contributed by atoms with Gasteiger partial charge in [0.25, 0.3) is 11.8 Å². The van der Waals surface area contributed by atoms with Crippen molar-refractivity contribution in [3.63, 3.8) is 0 Å². The fourth-order valence-electron chi connectivity index (χ4n) is 4.62. The first-order valence-corrected chi connectivity index (χ1v) is 16.5. The second-order valence-corrected chi connectivity index (χ2v) is 13.5. The SMILES string of the molecule is Cc1nnc(SCC2=C(C(=O)O)N3C(=O)C(NC(=O)Cc4ccccc4NC(=O)N(C)C(=O)/C=C/c4ccccc4)[C@H]3SC2)s1. The Hall–Kier alpha value is -4.47. The van der Waals surface area contributed by atoms with Gasteiger partial charge in [-0.3, -0.25) is 24.2 Å². The van der Waals surface area contributed by atoms with Crippen molar-refractivity contribution < 1.29 is 29.1 Å². The fourth-order valence-corrected chi connectivity index (χ4v) is 7.92. The van der Waals surface area contributed by atoms with Crippen molar-refractivity contribution in [2.75, 3.05) is 23.9 Å². The number of benzene rings is 2. The summed E-state index contributed by atoms with van der Waals surface area (Å²) in [5, 5.41) is 23.6. The number of thioether (sulfide) groups is 2. The van der Waals surface area contributed by atoms with Crippen molar-refractivity contribution in [3.05, 3.63) is 88.1 Å².